The average Bonchev–Trinajstić information content (AvgIpc) is 3.11. The SMILES string of the molecule is COc1ccc(C(=O)N2CCN(Cc3cc(NN4C(=O)C(C)=C(C)C4=O)nc4cc(Br)ccc34)CC2)cc1. The molecule has 0 unspecified atom stereocenters. The standard InChI is InChI=1S/C28H28BrN5O4/c1-17-18(2)27(36)34(26(17)35)31-25-14-20(23-9-6-21(29)15-24(23)30-25)16-32-10-12-33(13-11-32)28(37)19-4-7-22(38-3)8-5-19/h4-9,14-15H,10-13,16H2,1-3H3,(H,30,31). The maximum absolute atomic E-state index is 13.0. The van der Waals surface area contributed by atoms with Crippen LogP contribution in [-0.2, 0) is 16.1 Å². The molecular formula is C28H28BrN5O4. The fraction of sp³-hybridized carbons (Fsp3) is 0.286. The van der Waals surface area contributed by atoms with E-state index in [4.69, 9.17) is 4.74 Å². The number of anilines is 1. The molecule has 2 aliphatic heterocycles. The summed E-state index contributed by atoms with van der Waals surface area (Å²) in [4.78, 5) is 46.9. The monoisotopic (exact) mass is 577 g/mol. The van der Waals surface area contributed by atoms with Crippen LogP contribution in [0, 0.1) is 0 Å². The molecule has 0 spiro atoms. The van der Waals surface area contributed by atoms with E-state index in [9.17, 15) is 14.4 Å². The van der Waals surface area contributed by atoms with Gasteiger partial charge < -0.3 is 9.64 Å². The second-order valence-corrected chi connectivity index (χ2v) is 10.3. The van der Waals surface area contributed by atoms with Crippen molar-refractivity contribution in [3.8, 4) is 5.75 Å². The summed E-state index contributed by atoms with van der Waals surface area (Å²) in [6.45, 7) is 6.60. The molecular weight excluding hydrogens is 550 g/mol. The van der Waals surface area contributed by atoms with Crippen molar-refractivity contribution in [2.45, 2.75) is 20.4 Å². The van der Waals surface area contributed by atoms with Gasteiger partial charge in [0.1, 0.15) is 11.6 Å². The Morgan fingerprint density at radius 2 is 1.63 bits per heavy atom. The topological polar surface area (TPSA) is 95.1 Å². The van der Waals surface area contributed by atoms with E-state index in [1.54, 1.807) is 45.2 Å². The third kappa shape index (κ3) is 5.01. The molecule has 5 rings (SSSR count). The number of fused-ring (bicyclic) bond motifs is 1. The Balaban J connectivity index is 1.32. The van der Waals surface area contributed by atoms with Crippen molar-refractivity contribution in [2.24, 2.45) is 0 Å². The number of carbonyl (C=O) groups excluding carboxylic acids is 3. The molecule has 9 nitrogen and oxygen atoms in total. The summed E-state index contributed by atoms with van der Waals surface area (Å²) in [5.41, 5.74) is 6.18. The molecule has 2 aromatic carbocycles. The van der Waals surface area contributed by atoms with E-state index in [0.717, 1.165) is 44.8 Å². The summed E-state index contributed by atoms with van der Waals surface area (Å²) < 4.78 is 6.07. The Kier molecular flexibility index (Phi) is 7.18. The number of nitrogens with zero attached hydrogens (tertiary/aromatic N) is 4. The van der Waals surface area contributed by atoms with E-state index in [1.807, 2.05) is 29.2 Å². The zero-order valence-corrected chi connectivity index (χ0v) is 23.0. The minimum absolute atomic E-state index is 0.0112. The minimum Gasteiger partial charge on any atom is -0.497 e. The molecule has 2 aliphatic rings. The van der Waals surface area contributed by atoms with Crippen LogP contribution in [-0.4, -0.2) is 70.8 Å². The van der Waals surface area contributed by atoms with Crippen molar-refractivity contribution < 1.29 is 19.1 Å². The van der Waals surface area contributed by atoms with Gasteiger partial charge in [-0.25, -0.2) is 4.98 Å². The van der Waals surface area contributed by atoms with Gasteiger partial charge in [-0.2, -0.15) is 5.01 Å². The number of carbonyl (C=O) groups is 3. The van der Waals surface area contributed by atoms with Crippen LogP contribution in [0.3, 0.4) is 0 Å². The molecule has 38 heavy (non-hydrogen) atoms. The Bertz CT molecular complexity index is 1440. The quantitative estimate of drug-likeness (QED) is 0.442. The van der Waals surface area contributed by atoms with E-state index >= 15 is 0 Å². The molecule has 0 bridgehead atoms. The van der Waals surface area contributed by atoms with E-state index in [1.165, 1.54) is 0 Å². The Morgan fingerprint density at radius 1 is 0.974 bits per heavy atom. The Hall–Kier alpha value is -3.76. The number of hydrogen-bond acceptors (Lipinski definition) is 7. The number of ether oxygens (including phenoxy) is 1. The van der Waals surface area contributed by atoms with Crippen LogP contribution in [0.15, 0.2) is 64.1 Å². The number of imide groups is 1. The lowest BCUT2D eigenvalue weighted by Gasteiger charge is -2.35. The van der Waals surface area contributed by atoms with E-state index in [0.29, 0.717) is 42.2 Å². The van der Waals surface area contributed by atoms with Crippen LogP contribution in [0.1, 0.15) is 29.8 Å². The fourth-order valence-corrected chi connectivity index (χ4v) is 5.04. The predicted octanol–water partition coefficient (Wildman–Crippen LogP) is 4.00. The number of aromatic nitrogens is 1. The third-order valence-corrected chi connectivity index (χ3v) is 7.58. The van der Waals surface area contributed by atoms with Gasteiger partial charge in [0.25, 0.3) is 17.7 Å². The van der Waals surface area contributed by atoms with Gasteiger partial charge in [0.15, 0.2) is 0 Å². The lowest BCUT2D eigenvalue weighted by atomic mass is 10.1. The summed E-state index contributed by atoms with van der Waals surface area (Å²) in [5, 5.41) is 2.00. The lowest BCUT2D eigenvalue weighted by molar-refractivity contribution is -0.135. The number of pyridine rings is 1. The van der Waals surface area contributed by atoms with Gasteiger partial charge in [0.05, 0.1) is 12.6 Å². The highest BCUT2D eigenvalue weighted by molar-refractivity contribution is 9.10. The van der Waals surface area contributed by atoms with Gasteiger partial charge in [0, 0.05) is 59.3 Å². The highest BCUT2D eigenvalue weighted by Gasteiger charge is 2.34. The van der Waals surface area contributed by atoms with Crippen molar-refractivity contribution >= 4 is 50.4 Å². The number of hydrogen-bond donors (Lipinski definition) is 1. The zero-order chi connectivity index (χ0) is 27.0. The first kappa shape index (κ1) is 25.9. The molecule has 196 valence electrons. The van der Waals surface area contributed by atoms with Crippen molar-refractivity contribution in [1.82, 2.24) is 19.8 Å². The lowest BCUT2D eigenvalue weighted by Crippen LogP contribution is -2.48. The Morgan fingerprint density at radius 3 is 2.26 bits per heavy atom. The maximum atomic E-state index is 13.0. The summed E-state index contributed by atoms with van der Waals surface area (Å²) in [6, 6.07) is 14.9. The molecule has 3 amide bonds. The van der Waals surface area contributed by atoms with Gasteiger partial charge in [-0.05, 0) is 61.9 Å². The molecule has 1 N–H and O–H groups in total. The Labute approximate surface area is 229 Å². The van der Waals surface area contributed by atoms with Gasteiger partial charge in [0.2, 0.25) is 0 Å². The molecule has 0 saturated carbocycles. The minimum atomic E-state index is -0.372. The van der Waals surface area contributed by atoms with Gasteiger partial charge in [-0.1, -0.05) is 22.0 Å². The van der Waals surface area contributed by atoms with Crippen LogP contribution in [0.5, 0.6) is 5.75 Å². The fourth-order valence-electron chi connectivity index (χ4n) is 4.69. The normalized spacial score (nSPS) is 16.5. The van der Waals surface area contributed by atoms with E-state index in [2.05, 4.69) is 31.2 Å². The van der Waals surface area contributed by atoms with Crippen LogP contribution < -0.4 is 10.2 Å². The summed E-state index contributed by atoms with van der Waals surface area (Å²) in [6.07, 6.45) is 0. The number of nitrogens with one attached hydrogen (secondary N) is 1. The zero-order valence-electron chi connectivity index (χ0n) is 21.5. The maximum Gasteiger partial charge on any atom is 0.275 e. The highest BCUT2D eigenvalue weighted by atomic mass is 79.9. The number of hydrazine groups is 1. The molecule has 0 atom stereocenters. The van der Waals surface area contributed by atoms with Crippen LogP contribution in [0.4, 0.5) is 5.82 Å². The van der Waals surface area contributed by atoms with Crippen LogP contribution in [0.25, 0.3) is 10.9 Å². The summed E-state index contributed by atoms with van der Waals surface area (Å²) in [7, 11) is 1.60. The third-order valence-electron chi connectivity index (χ3n) is 7.08. The number of methoxy groups -OCH3 is 1. The van der Waals surface area contributed by atoms with E-state index < -0.39 is 0 Å². The summed E-state index contributed by atoms with van der Waals surface area (Å²) >= 11 is 3.51. The number of benzene rings is 2. The first-order chi connectivity index (χ1) is 18.2. The number of rotatable bonds is 6. The van der Waals surface area contributed by atoms with Crippen molar-refractivity contribution in [1.29, 1.82) is 0 Å². The number of piperazine rings is 1. The van der Waals surface area contributed by atoms with E-state index in [-0.39, 0.29) is 17.7 Å². The summed E-state index contributed by atoms with van der Waals surface area (Å²) in [5.74, 6) is 0.405. The van der Waals surface area contributed by atoms with Gasteiger partial charge in [-0.3, -0.25) is 24.7 Å². The second kappa shape index (κ2) is 10.5. The molecule has 1 saturated heterocycles. The number of halogens is 1. The first-order valence-electron chi connectivity index (χ1n) is 12.3. The molecule has 0 radical (unpaired) electrons. The van der Waals surface area contributed by atoms with Crippen molar-refractivity contribution in [3.05, 3.63) is 75.3 Å². The van der Waals surface area contributed by atoms with Gasteiger partial charge >= 0.3 is 0 Å². The largest absolute Gasteiger partial charge is 0.497 e. The molecule has 0 aliphatic carbocycles. The average molecular weight is 578 g/mol. The highest BCUT2D eigenvalue weighted by Crippen LogP contribution is 2.28. The number of amides is 3. The second-order valence-electron chi connectivity index (χ2n) is 9.43. The molecule has 1 fully saturated rings. The predicted molar refractivity (Wildman–Crippen MR) is 147 cm³/mol. The molecule has 1 aromatic heterocycles. The van der Waals surface area contributed by atoms with Crippen molar-refractivity contribution in [3.63, 3.8) is 0 Å². The molecule has 3 heterocycles. The first-order valence-corrected chi connectivity index (χ1v) is 13.1. The van der Waals surface area contributed by atoms with Gasteiger partial charge in [-0.15, -0.1) is 0 Å². The van der Waals surface area contributed by atoms with Crippen LogP contribution in [0.2, 0.25) is 0 Å². The molecule has 3 aromatic rings. The molecule has 10 heteroatoms. The smallest absolute Gasteiger partial charge is 0.275 e. The van der Waals surface area contributed by atoms with Crippen LogP contribution >= 0.6 is 15.9 Å². The van der Waals surface area contributed by atoms with Crippen molar-refractivity contribution in [2.75, 3.05) is 38.7 Å².